The van der Waals surface area contributed by atoms with Gasteiger partial charge in [0.25, 0.3) is 5.91 Å². The SMILES string of the molecule is Cc1occc1C(=O)O[C@H](C)C(=O)Nc1cc(S(=O)(=O)N2CCCCC2)ccc1Cl. The van der Waals surface area contributed by atoms with Crippen LogP contribution in [0.2, 0.25) is 5.02 Å². The number of nitrogens with one attached hydrogen (secondary N) is 1. The first-order chi connectivity index (χ1) is 14.2. The zero-order valence-electron chi connectivity index (χ0n) is 16.7. The summed E-state index contributed by atoms with van der Waals surface area (Å²) >= 11 is 6.15. The molecule has 1 amide bonds. The van der Waals surface area contributed by atoms with Crippen LogP contribution in [0.5, 0.6) is 0 Å². The van der Waals surface area contributed by atoms with Crippen LogP contribution < -0.4 is 5.32 Å². The van der Waals surface area contributed by atoms with E-state index in [1.165, 1.54) is 41.8 Å². The van der Waals surface area contributed by atoms with Gasteiger partial charge in [-0.2, -0.15) is 4.31 Å². The molecule has 1 atom stereocenters. The second kappa shape index (κ2) is 9.20. The Labute approximate surface area is 180 Å². The quantitative estimate of drug-likeness (QED) is 0.668. The molecule has 30 heavy (non-hydrogen) atoms. The monoisotopic (exact) mass is 454 g/mol. The molecule has 3 rings (SSSR count). The Hall–Kier alpha value is -2.36. The van der Waals surface area contributed by atoms with Crippen LogP contribution in [0, 0.1) is 6.92 Å². The molecule has 0 bridgehead atoms. The highest BCUT2D eigenvalue weighted by atomic mass is 35.5. The van der Waals surface area contributed by atoms with Crippen molar-refractivity contribution in [2.75, 3.05) is 18.4 Å². The Balaban J connectivity index is 1.72. The zero-order chi connectivity index (χ0) is 21.9. The highest BCUT2D eigenvalue weighted by molar-refractivity contribution is 7.89. The molecule has 0 unspecified atom stereocenters. The predicted molar refractivity (Wildman–Crippen MR) is 111 cm³/mol. The number of ether oxygens (including phenoxy) is 1. The van der Waals surface area contributed by atoms with Crippen LogP contribution in [-0.4, -0.2) is 43.8 Å². The third kappa shape index (κ3) is 4.85. The maximum atomic E-state index is 12.9. The van der Waals surface area contributed by atoms with Crippen molar-refractivity contribution in [3.63, 3.8) is 0 Å². The lowest BCUT2D eigenvalue weighted by molar-refractivity contribution is -0.123. The maximum absolute atomic E-state index is 12.9. The first-order valence-corrected chi connectivity index (χ1v) is 11.4. The highest BCUT2D eigenvalue weighted by Gasteiger charge is 2.27. The summed E-state index contributed by atoms with van der Waals surface area (Å²) in [6.07, 6.45) is 2.85. The van der Waals surface area contributed by atoms with Crippen LogP contribution in [0.4, 0.5) is 5.69 Å². The number of furan rings is 1. The summed E-state index contributed by atoms with van der Waals surface area (Å²) in [5.41, 5.74) is 0.351. The van der Waals surface area contributed by atoms with E-state index < -0.39 is 28.0 Å². The van der Waals surface area contributed by atoms with Gasteiger partial charge in [0.2, 0.25) is 10.0 Å². The Morgan fingerprint density at radius 1 is 1.20 bits per heavy atom. The predicted octanol–water partition coefficient (Wildman–Crippen LogP) is 3.60. The van der Waals surface area contributed by atoms with Gasteiger partial charge in [-0.1, -0.05) is 18.0 Å². The van der Waals surface area contributed by atoms with E-state index in [-0.39, 0.29) is 21.2 Å². The van der Waals surface area contributed by atoms with E-state index in [0.29, 0.717) is 18.8 Å². The topological polar surface area (TPSA) is 106 Å². The number of amides is 1. The number of nitrogens with zero attached hydrogens (tertiary/aromatic N) is 1. The van der Waals surface area contributed by atoms with E-state index in [1.807, 2.05) is 0 Å². The zero-order valence-corrected chi connectivity index (χ0v) is 18.3. The molecule has 0 radical (unpaired) electrons. The number of hydrogen-bond donors (Lipinski definition) is 1. The Morgan fingerprint density at radius 2 is 1.90 bits per heavy atom. The van der Waals surface area contributed by atoms with Crippen molar-refractivity contribution in [1.29, 1.82) is 0 Å². The summed E-state index contributed by atoms with van der Waals surface area (Å²) in [6.45, 7) is 3.94. The fraction of sp³-hybridized carbons (Fsp3) is 0.400. The molecule has 1 aliphatic heterocycles. The summed E-state index contributed by atoms with van der Waals surface area (Å²) in [6, 6.07) is 5.60. The number of rotatable bonds is 6. The molecule has 0 spiro atoms. The minimum atomic E-state index is -3.68. The van der Waals surface area contributed by atoms with Gasteiger partial charge in [0.05, 0.1) is 21.9 Å². The van der Waals surface area contributed by atoms with Gasteiger partial charge < -0.3 is 14.5 Å². The van der Waals surface area contributed by atoms with Crippen molar-refractivity contribution in [3.05, 3.63) is 46.9 Å². The third-order valence-corrected chi connectivity index (χ3v) is 7.10. The van der Waals surface area contributed by atoms with Crippen LogP contribution in [0.15, 0.2) is 39.8 Å². The molecule has 1 aliphatic rings. The lowest BCUT2D eigenvalue weighted by atomic mass is 10.2. The number of carbonyl (C=O) groups excluding carboxylic acids is 2. The third-order valence-electron chi connectivity index (χ3n) is 4.88. The van der Waals surface area contributed by atoms with Gasteiger partial charge in [0.1, 0.15) is 11.3 Å². The minimum Gasteiger partial charge on any atom is -0.469 e. The van der Waals surface area contributed by atoms with Gasteiger partial charge in [0, 0.05) is 13.1 Å². The van der Waals surface area contributed by atoms with Crippen molar-refractivity contribution < 1.29 is 27.2 Å². The van der Waals surface area contributed by atoms with Gasteiger partial charge in [0.15, 0.2) is 6.10 Å². The molecular formula is C20H23ClN2O6S. The normalized spacial score (nSPS) is 16.1. The molecule has 1 fully saturated rings. The summed E-state index contributed by atoms with van der Waals surface area (Å²) < 4.78 is 37.4. The average Bonchev–Trinajstić information content (AvgIpc) is 3.16. The first-order valence-electron chi connectivity index (χ1n) is 9.56. The summed E-state index contributed by atoms with van der Waals surface area (Å²) in [4.78, 5) is 24.7. The lowest BCUT2D eigenvalue weighted by Crippen LogP contribution is -2.35. The molecule has 162 valence electrons. The average molecular weight is 455 g/mol. The summed E-state index contributed by atoms with van der Waals surface area (Å²) in [5, 5.41) is 2.71. The van der Waals surface area contributed by atoms with Crippen molar-refractivity contribution in [1.82, 2.24) is 4.31 Å². The van der Waals surface area contributed by atoms with Crippen molar-refractivity contribution >= 4 is 39.2 Å². The van der Waals surface area contributed by atoms with Crippen LogP contribution >= 0.6 is 11.6 Å². The standard InChI is InChI=1S/C20H23ClN2O6S/c1-13-16(8-11-28-13)20(25)29-14(2)19(24)22-18-12-15(6-7-17(18)21)30(26,27)23-9-4-3-5-10-23/h6-8,11-12,14H,3-5,9-10H2,1-2H3,(H,22,24)/t14-/m1/s1. The fourth-order valence-electron chi connectivity index (χ4n) is 3.12. The number of esters is 1. The number of carbonyl (C=O) groups is 2. The number of hydrogen-bond acceptors (Lipinski definition) is 6. The molecule has 1 saturated heterocycles. The molecule has 0 saturated carbocycles. The molecule has 2 aromatic rings. The smallest absolute Gasteiger partial charge is 0.342 e. The van der Waals surface area contributed by atoms with Crippen molar-refractivity contribution in [2.24, 2.45) is 0 Å². The molecule has 10 heteroatoms. The van der Waals surface area contributed by atoms with E-state index in [1.54, 1.807) is 6.92 Å². The molecule has 8 nitrogen and oxygen atoms in total. The van der Waals surface area contributed by atoms with Crippen molar-refractivity contribution in [3.8, 4) is 0 Å². The van der Waals surface area contributed by atoms with Crippen LogP contribution in [0.25, 0.3) is 0 Å². The second-order valence-electron chi connectivity index (χ2n) is 7.03. The Bertz CT molecular complexity index is 1040. The molecule has 1 N–H and O–H groups in total. The van der Waals surface area contributed by atoms with Crippen molar-refractivity contribution in [2.45, 2.75) is 44.1 Å². The van der Waals surface area contributed by atoms with E-state index in [4.69, 9.17) is 20.8 Å². The number of benzene rings is 1. The van der Waals surface area contributed by atoms with E-state index in [9.17, 15) is 18.0 Å². The summed E-state index contributed by atoms with van der Waals surface area (Å²) in [5.74, 6) is -0.957. The van der Waals surface area contributed by atoms with Gasteiger partial charge in [-0.05, 0) is 51.0 Å². The fourth-order valence-corrected chi connectivity index (χ4v) is 4.83. The maximum Gasteiger partial charge on any atom is 0.342 e. The number of halogens is 1. The van der Waals surface area contributed by atoms with Gasteiger partial charge >= 0.3 is 5.97 Å². The minimum absolute atomic E-state index is 0.0442. The van der Waals surface area contributed by atoms with Crippen LogP contribution in [0.3, 0.4) is 0 Å². The second-order valence-corrected chi connectivity index (χ2v) is 9.38. The molecule has 0 aliphatic carbocycles. The van der Waals surface area contributed by atoms with Gasteiger partial charge in [-0.3, -0.25) is 4.79 Å². The molecule has 1 aromatic carbocycles. The molecule has 2 heterocycles. The van der Waals surface area contributed by atoms with E-state index in [0.717, 1.165) is 19.3 Å². The van der Waals surface area contributed by atoms with Gasteiger partial charge in [-0.25, -0.2) is 13.2 Å². The Kier molecular flexibility index (Phi) is 6.84. The Morgan fingerprint density at radius 3 is 2.53 bits per heavy atom. The first kappa shape index (κ1) is 22.3. The number of piperidine rings is 1. The summed E-state index contributed by atoms with van der Waals surface area (Å²) in [7, 11) is -3.68. The molecular weight excluding hydrogens is 432 g/mol. The van der Waals surface area contributed by atoms with Crippen LogP contribution in [0.1, 0.15) is 42.3 Å². The van der Waals surface area contributed by atoms with Gasteiger partial charge in [-0.15, -0.1) is 0 Å². The number of sulfonamides is 1. The largest absolute Gasteiger partial charge is 0.469 e. The highest BCUT2D eigenvalue weighted by Crippen LogP contribution is 2.28. The van der Waals surface area contributed by atoms with E-state index in [2.05, 4.69) is 5.32 Å². The lowest BCUT2D eigenvalue weighted by Gasteiger charge is -2.26. The van der Waals surface area contributed by atoms with E-state index >= 15 is 0 Å². The number of aryl methyl sites for hydroxylation is 1. The number of anilines is 1. The molecule has 1 aromatic heterocycles. The van der Waals surface area contributed by atoms with Crippen LogP contribution in [-0.2, 0) is 19.6 Å².